The number of methoxy groups -OCH3 is 1. The molecule has 0 aromatic heterocycles. The summed E-state index contributed by atoms with van der Waals surface area (Å²) in [6.07, 6.45) is 0.0331. The highest BCUT2D eigenvalue weighted by atomic mass is 16.7. The molecule has 0 heterocycles. The summed E-state index contributed by atoms with van der Waals surface area (Å²) >= 11 is 0. The van der Waals surface area contributed by atoms with Gasteiger partial charge in [0.2, 0.25) is 6.04 Å². The normalized spacial score (nSPS) is 26.4. The molecule has 0 saturated heterocycles. The van der Waals surface area contributed by atoms with E-state index in [0.29, 0.717) is 5.56 Å². The van der Waals surface area contributed by atoms with Gasteiger partial charge < -0.3 is 9.47 Å². The van der Waals surface area contributed by atoms with Crippen LogP contribution in [-0.2, 0) is 14.3 Å². The molecular weight excluding hydrogens is 332 g/mol. The first-order valence-electron chi connectivity index (χ1n) is 7.84. The minimum atomic E-state index is -1.01. The number of non-ortho nitro benzene ring substituents is 1. The molecule has 0 amide bonds. The molecule has 1 fully saturated rings. The lowest BCUT2D eigenvalue weighted by Gasteiger charge is -2.35. The highest BCUT2D eigenvalue weighted by Crippen LogP contribution is 2.40. The average molecular weight is 352 g/mol. The third kappa shape index (κ3) is 4.18. The van der Waals surface area contributed by atoms with E-state index < -0.39 is 28.7 Å². The molecule has 4 atom stereocenters. The quantitative estimate of drug-likeness (QED) is 0.319. The van der Waals surface area contributed by atoms with Crippen LogP contribution in [0.1, 0.15) is 24.8 Å². The summed E-state index contributed by atoms with van der Waals surface area (Å²) in [5.74, 6) is -1.81. The van der Waals surface area contributed by atoms with Crippen LogP contribution in [0.5, 0.6) is 0 Å². The van der Waals surface area contributed by atoms with Crippen molar-refractivity contribution in [1.82, 2.24) is 0 Å². The van der Waals surface area contributed by atoms with E-state index in [1.807, 2.05) is 0 Å². The van der Waals surface area contributed by atoms with Crippen LogP contribution in [0.4, 0.5) is 5.69 Å². The highest BCUT2D eigenvalue weighted by Gasteiger charge is 2.49. The van der Waals surface area contributed by atoms with Crippen molar-refractivity contribution in [2.45, 2.75) is 25.3 Å². The molecule has 25 heavy (non-hydrogen) atoms. The van der Waals surface area contributed by atoms with Gasteiger partial charge in [0.25, 0.3) is 5.69 Å². The predicted octanol–water partition coefficient (Wildman–Crippen LogP) is 2.17. The fourth-order valence-corrected chi connectivity index (χ4v) is 3.33. The summed E-state index contributed by atoms with van der Waals surface area (Å²) in [6.45, 7) is 1.70. The number of nitro benzene ring substituents is 1. The van der Waals surface area contributed by atoms with Gasteiger partial charge >= 0.3 is 0 Å². The van der Waals surface area contributed by atoms with E-state index in [0.717, 1.165) is 0 Å². The van der Waals surface area contributed by atoms with Crippen molar-refractivity contribution in [2.24, 2.45) is 11.8 Å². The van der Waals surface area contributed by atoms with Gasteiger partial charge in [0.05, 0.1) is 23.4 Å². The van der Waals surface area contributed by atoms with Crippen molar-refractivity contribution < 1.29 is 24.1 Å². The first kappa shape index (κ1) is 18.9. The molecule has 0 N–H and O–H groups in total. The van der Waals surface area contributed by atoms with Crippen LogP contribution in [0.2, 0.25) is 0 Å². The van der Waals surface area contributed by atoms with E-state index in [4.69, 9.17) is 9.47 Å². The number of nitrogens with zero attached hydrogens (tertiary/aromatic N) is 2. The Bertz CT molecular complexity index is 646. The van der Waals surface area contributed by atoms with Crippen LogP contribution >= 0.6 is 0 Å². The zero-order valence-electron chi connectivity index (χ0n) is 14.0. The lowest BCUT2D eigenvalue weighted by molar-refractivity contribution is -0.540. The summed E-state index contributed by atoms with van der Waals surface area (Å²) in [7, 11) is 1.44. The molecule has 9 nitrogen and oxygen atoms in total. The Morgan fingerprint density at radius 2 is 1.84 bits per heavy atom. The Morgan fingerprint density at radius 1 is 1.20 bits per heavy atom. The number of Topliss-reactive ketones (excluding diaryl/α,β-unsaturated/α-hetero) is 1. The number of rotatable bonds is 7. The molecule has 1 aliphatic rings. The Kier molecular flexibility index (Phi) is 6.16. The second-order valence-corrected chi connectivity index (χ2v) is 6.13. The SMILES string of the molecule is COCOC[C@@H]1[C@H]([N+](=O)[O-])[C@@H](c2ccc([N+](=O)[O-])cc2)CC(=O)[C@@H]1C. The van der Waals surface area contributed by atoms with Crippen molar-refractivity contribution in [3.63, 3.8) is 0 Å². The van der Waals surface area contributed by atoms with Crippen molar-refractivity contribution >= 4 is 11.5 Å². The topological polar surface area (TPSA) is 122 Å². The maximum Gasteiger partial charge on any atom is 0.269 e. The number of nitro groups is 2. The maximum absolute atomic E-state index is 12.3. The highest BCUT2D eigenvalue weighted by molar-refractivity contribution is 5.83. The standard InChI is InChI=1S/C16H20N2O7/c1-10-14(8-25-9-24-2)16(18(22)23)13(7-15(10)19)11-3-5-12(6-4-11)17(20)21/h3-6,10,13-14,16H,7-9H2,1-2H3/t10-,13-,14+,16-/m1/s1. The van der Waals surface area contributed by atoms with E-state index in [-0.39, 0.29) is 36.2 Å². The Hall–Kier alpha value is -2.39. The second kappa shape index (κ2) is 8.13. The van der Waals surface area contributed by atoms with Crippen LogP contribution < -0.4 is 0 Å². The number of ketones is 1. The van der Waals surface area contributed by atoms with Gasteiger partial charge in [-0.25, -0.2) is 0 Å². The predicted molar refractivity (Wildman–Crippen MR) is 86.7 cm³/mol. The van der Waals surface area contributed by atoms with Gasteiger partial charge in [-0.1, -0.05) is 19.1 Å². The van der Waals surface area contributed by atoms with Crippen LogP contribution in [-0.4, -0.2) is 42.2 Å². The first-order valence-corrected chi connectivity index (χ1v) is 7.84. The minimum absolute atomic E-state index is 0.00988. The Balaban J connectivity index is 2.32. The lowest BCUT2D eigenvalue weighted by atomic mass is 9.68. The van der Waals surface area contributed by atoms with Gasteiger partial charge in [0.15, 0.2) is 0 Å². The van der Waals surface area contributed by atoms with E-state index in [9.17, 15) is 25.0 Å². The molecule has 1 aromatic carbocycles. The van der Waals surface area contributed by atoms with Gasteiger partial charge in [-0.2, -0.15) is 0 Å². The number of hydrogen-bond donors (Lipinski definition) is 0. The van der Waals surface area contributed by atoms with Crippen LogP contribution in [0, 0.1) is 32.1 Å². The van der Waals surface area contributed by atoms with Crippen molar-refractivity contribution in [1.29, 1.82) is 0 Å². The molecule has 0 radical (unpaired) electrons. The molecule has 0 unspecified atom stereocenters. The van der Waals surface area contributed by atoms with Gasteiger partial charge in [0, 0.05) is 36.5 Å². The third-order valence-electron chi connectivity index (χ3n) is 4.71. The molecule has 0 spiro atoms. The number of hydrogen-bond acceptors (Lipinski definition) is 7. The largest absolute Gasteiger partial charge is 0.359 e. The molecule has 1 aliphatic carbocycles. The molecule has 0 aliphatic heterocycles. The maximum atomic E-state index is 12.3. The Labute approximate surface area is 144 Å². The van der Waals surface area contributed by atoms with Crippen LogP contribution in [0.25, 0.3) is 0 Å². The molecule has 1 aromatic rings. The van der Waals surface area contributed by atoms with E-state index in [2.05, 4.69) is 0 Å². The summed E-state index contributed by atoms with van der Waals surface area (Å²) in [5, 5.41) is 22.5. The zero-order valence-corrected chi connectivity index (χ0v) is 14.0. The second-order valence-electron chi connectivity index (χ2n) is 6.13. The summed E-state index contributed by atoms with van der Waals surface area (Å²) in [5.41, 5.74) is 0.446. The Morgan fingerprint density at radius 3 is 2.36 bits per heavy atom. The number of carbonyl (C=O) groups is 1. The summed E-state index contributed by atoms with van der Waals surface area (Å²) in [4.78, 5) is 33.9. The summed E-state index contributed by atoms with van der Waals surface area (Å²) < 4.78 is 10.1. The third-order valence-corrected chi connectivity index (χ3v) is 4.71. The first-order chi connectivity index (χ1) is 11.9. The van der Waals surface area contributed by atoms with Gasteiger partial charge in [-0.05, 0) is 5.56 Å². The molecule has 1 saturated carbocycles. The van der Waals surface area contributed by atoms with Crippen molar-refractivity contribution in [2.75, 3.05) is 20.5 Å². The lowest BCUT2D eigenvalue weighted by Crippen LogP contribution is -2.48. The molecular formula is C16H20N2O7. The van der Waals surface area contributed by atoms with Gasteiger partial charge in [-0.15, -0.1) is 0 Å². The number of carbonyl (C=O) groups excluding carboxylic acids is 1. The van der Waals surface area contributed by atoms with Crippen LogP contribution in [0.15, 0.2) is 24.3 Å². The summed E-state index contributed by atoms with van der Waals surface area (Å²) in [6, 6.07) is 4.55. The smallest absolute Gasteiger partial charge is 0.269 e. The fourth-order valence-electron chi connectivity index (χ4n) is 3.33. The molecule has 0 bridgehead atoms. The zero-order chi connectivity index (χ0) is 18.6. The van der Waals surface area contributed by atoms with E-state index in [1.165, 1.54) is 31.4 Å². The van der Waals surface area contributed by atoms with Gasteiger partial charge in [-0.3, -0.25) is 25.0 Å². The van der Waals surface area contributed by atoms with E-state index in [1.54, 1.807) is 6.92 Å². The van der Waals surface area contributed by atoms with Crippen molar-refractivity contribution in [3.05, 3.63) is 50.1 Å². The molecule has 136 valence electrons. The monoisotopic (exact) mass is 352 g/mol. The van der Waals surface area contributed by atoms with E-state index >= 15 is 0 Å². The molecule has 2 rings (SSSR count). The van der Waals surface area contributed by atoms with Gasteiger partial charge in [0.1, 0.15) is 12.6 Å². The fraction of sp³-hybridized carbons (Fsp3) is 0.562. The number of benzene rings is 1. The molecule has 9 heteroatoms. The van der Waals surface area contributed by atoms with Crippen LogP contribution in [0.3, 0.4) is 0 Å². The number of ether oxygens (including phenoxy) is 2. The average Bonchev–Trinajstić information content (AvgIpc) is 2.58. The van der Waals surface area contributed by atoms with Crippen molar-refractivity contribution in [3.8, 4) is 0 Å². The minimum Gasteiger partial charge on any atom is -0.359 e.